The summed E-state index contributed by atoms with van der Waals surface area (Å²) in [5.41, 5.74) is -1.37. The van der Waals surface area contributed by atoms with E-state index >= 15 is 0 Å². The molecule has 0 radical (unpaired) electrons. The molecule has 0 saturated carbocycles. The summed E-state index contributed by atoms with van der Waals surface area (Å²) in [5, 5.41) is 18.8. The number of sulfonamides is 1. The number of carbonyl (C=O) groups excluding carboxylic acids is 4. The lowest BCUT2D eigenvalue weighted by Gasteiger charge is -2.37. The number of amides is 5. The Balaban J connectivity index is 3.12. The van der Waals surface area contributed by atoms with Crippen LogP contribution in [0.1, 0.15) is 67.2 Å². The Morgan fingerprint density at radius 3 is 2.14 bits per heavy atom. The molecule has 13 nitrogen and oxygen atoms in total. The molecule has 0 spiro atoms. The molecule has 1 aliphatic rings. The van der Waals surface area contributed by atoms with Gasteiger partial charge in [0.05, 0.1) is 18.7 Å². The van der Waals surface area contributed by atoms with E-state index in [1.54, 1.807) is 20.8 Å². The number of nitrogens with zero attached hydrogens (tertiary/aromatic N) is 3. The average molecular weight is 636 g/mol. The molecule has 0 unspecified atom stereocenters. The van der Waals surface area contributed by atoms with E-state index in [-0.39, 0.29) is 32.5 Å². The molecule has 4 N–H and O–H groups in total. The standard InChI is InChI=1S/C27H47F2N7O6S/c1-26(2,3)19(16-35(7)43(8,41)42)33-25(40)34-21(27(4,5)6)24(39)36-14-9-11-18(36)23(38)32-17(15-20(28)29)22(37)31-13-10-12-30/h17-21H,9-11,13-16H2,1-8H3,(H,31,37)(H,32,38)(H2,33,34,40)/t17-,18-,19+,21+/m0/s1. The van der Waals surface area contributed by atoms with Crippen LogP contribution in [0.15, 0.2) is 0 Å². The number of alkyl halides is 2. The largest absolute Gasteiger partial charge is 0.353 e. The number of likely N-dealkylation sites (tertiary alicyclic amines) is 1. The number of hydrogen-bond donors (Lipinski definition) is 4. The van der Waals surface area contributed by atoms with Crippen molar-refractivity contribution in [2.75, 3.05) is 32.9 Å². The van der Waals surface area contributed by atoms with Crippen LogP contribution in [0.2, 0.25) is 0 Å². The van der Waals surface area contributed by atoms with E-state index in [9.17, 15) is 36.4 Å². The monoisotopic (exact) mass is 635 g/mol. The first-order valence-corrected chi connectivity index (χ1v) is 16.0. The van der Waals surface area contributed by atoms with E-state index in [1.165, 1.54) is 11.9 Å². The third kappa shape index (κ3) is 12.2. The fourth-order valence-electron chi connectivity index (χ4n) is 4.42. The van der Waals surface area contributed by atoms with Crippen molar-refractivity contribution in [3.63, 3.8) is 0 Å². The number of rotatable bonds is 13. The second-order valence-corrected chi connectivity index (χ2v) is 15.0. The number of halogens is 2. The van der Waals surface area contributed by atoms with E-state index in [0.29, 0.717) is 6.42 Å². The van der Waals surface area contributed by atoms with Crippen molar-refractivity contribution in [2.45, 2.75) is 97.8 Å². The lowest BCUT2D eigenvalue weighted by molar-refractivity contribution is -0.142. The van der Waals surface area contributed by atoms with Gasteiger partial charge in [-0.1, -0.05) is 41.5 Å². The minimum Gasteiger partial charge on any atom is -0.353 e. The highest BCUT2D eigenvalue weighted by Crippen LogP contribution is 2.27. The van der Waals surface area contributed by atoms with Crippen LogP contribution >= 0.6 is 0 Å². The van der Waals surface area contributed by atoms with Crippen molar-refractivity contribution in [1.82, 2.24) is 30.5 Å². The molecule has 0 aromatic rings. The second kappa shape index (κ2) is 15.6. The van der Waals surface area contributed by atoms with E-state index < -0.39 is 81.6 Å². The Labute approximate surface area is 253 Å². The third-order valence-electron chi connectivity index (χ3n) is 7.17. The van der Waals surface area contributed by atoms with Crippen LogP contribution in [-0.2, 0) is 24.4 Å². The second-order valence-electron chi connectivity index (χ2n) is 13.0. The summed E-state index contributed by atoms with van der Waals surface area (Å²) in [5.74, 6) is -2.20. The smallest absolute Gasteiger partial charge is 0.315 e. The van der Waals surface area contributed by atoms with Gasteiger partial charge in [-0.3, -0.25) is 14.4 Å². The number of carbonyl (C=O) groups is 4. The lowest BCUT2D eigenvalue weighted by Crippen LogP contribution is -2.62. The van der Waals surface area contributed by atoms with E-state index in [1.807, 2.05) is 26.8 Å². The Morgan fingerprint density at radius 2 is 1.65 bits per heavy atom. The molecule has 4 atom stereocenters. The predicted molar refractivity (Wildman–Crippen MR) is 156 cm³/mol. The highest BCUT2D eigenvalue weighted by molar-refractivity contribution is 7.88. The van der Waals surface area contributed by atoms with Gasteiger partial charge in [0.25, 0.3) is 0 Å². The first-order valence-electron chi connectivity index (χ1n) is 14.1. The van der Waals surface area contributed by atoms with Crippen LogP contribution in [0.25, 0.3) is 0 Å². The summed E-state index contributed by atoms with van der Waals surface area (Å²) in [4.78, 5) is 53.9. The third-order valence-corrected chi connectivity index (χ3v) is 8.45. The summed E-state index contributed by atoms with van der Waals surface area (Å²) in [6, 6.07) is -3.24. The first-order chi connectivity index (χ1) is 19.6. The van der Waals surface area contributed by atoms with Crippen molar-refractivity contribution in [3.05, 3.63) is 0 Å². The average Bonchev–Trinajstić information content (AvgIpc) is 3.34. The molecule has 16 heteroatoms. The van der Waals surface area contributed by atoms with Gasteiger partial charge in [0.15, 0.2) is 0 Å². The van der Waals surface area contributed by atoms with Crippen LogP contribution in [-0.4, -0.2) is 105 Å². The van der Waals surface area contributed by atoms with Crippen LogP contribution in [0.3, 0.4) is 0 Å². The molecule has 1 rings (SSSR count). The van der Waals surface area contributed by atoms with E-state index in [2.05, 4.69) is 21.3 Å². The van der Waals surface area contributed by atoms with Crippen molar-refractivity contribution >= 4 is 33.8 Å². The van der Waals surface area contributed by atoms with Gasteiger partial charge in [0.2, 0.25) is 34.2 Å². The number of nitriles is 1. The van der Waals surface area contributed by atoms with Crippen LogP contribution in [0, 0.1) is 22.2 Å². The molecule has 1 aliphatic heterocycles. The maximum absolute atomic E-state index is 13.8. The molecule has 0 aromatic carbocycles. The normalized spacial score (nSPS) is 18.0. The molecule has 0 bridgehead atoms. The topological polar surface area (TPSA) is 181 Å². The van der Waals surface area contributed by atoms with E-state index in [0.717, 1.165) is 10.6 Å². The quantitative estimate of drug-likeness (QED) is 0.219. The molecule has 1 saturated heterocycles. The van der Waals surface area contributed by atoms with Gasteiger partial charge in [0.1, 0.15) is 18.1 Å². The first kappa shape index (κ1) is 38.0. The van der Waals surface area contributed by atoms with Gasteiger partial charge >= 0.3 is 6.03 Å². The Hall–Kier alpha value is -3.06. The summed E-state index contributed by atoms with van der Waals surface area (Å²) in [7, 11) is -2.12. The minimum atomic E-state index is -3.52. The molecule has 0 aromatic heterocycles. The number of nitrogens with one attached hydrogen (secondary N) is 4. The summed E-state index contributed by atoms with van der Waals surface area (Å²) in [6.07, 6.45) is -2.16. The van der Waals surface area contributed by atoms with Crippen LogP contribution in [0.5, 0.6) is 0 Å². The molecular formula is C27H47F2N7O6S. The SMILES string of the molecule is CN(C[C@@H](NC(=O)N[C@H](C(=O)N1CCC[C@H]1C(=O)N[C@@H](CC(F)F)C(=O)NCCC#N)C(C)(C)C)C(C)(C)C)S(C)(=O)=O. The van der Waals surface area contributed by atoms with Gasteiger partial charge in [0, 0.05) is 39.1 Å². The predicted octanol–water partition coefficient (Wildman–Crippen LogP) is 1.17. The molecule has 5 amide bonds. The highest BCUT2D eigenvalue weighted by Gasteiger charge is 2.43. The lowest BCUT2D eigenvalue weighted by atomic mass is 9.85. The Morgan fingerprint density at radius 1 is 1.05 bits per heavy atom. The van der Waals surface area contributed by atoms with Gasteiger partial charge in [-0.25, -0.2) is 26.3 Å². The number of urea groups is 1. The van der Waals surface area contributed by atoms with E-state index in [4.69, 9.17) is 5.26 Å². The fraction of sp³-hybridized carbons (Fsp3) is 0.815. The van der Waals surface area contributed by atoms with Crippen molar-refractivity contribution in [3.8, 4) is 6.07 Å². The van der Waals surface area contributed by atoms with Gasteiger partial charge in [-0.15, -0.1) is 0 Å². The molecule has 43 heavy (non-hydrogen) atoms. The number of hydrogen-bond acceptors (Lipinski definition) is 7. The Kier molecular flexibility index (Phi) is 13.8. The minimum absolute atomic E-state index is 0.0118. The van der Waals surface area contributed by atoms with Crippen molar-refractivity contribution < 1.29 is 36.4 Å². The van der Waals surface area contributed by atoms with Crippen molar-refractivity contribution in [2.24, 2.45) is 10.8 Å². The van der Waals surface area contributed by atoms with Gasteiger partial charge in [-0.05, 0) is 23.7 Å². The number of likely N-dealkylation sites (N-methyl/N-ethyl adjacent to an activating group) is 1. The molecule has 1 heterocycles. The fourth-order valence-corrected chi connectivity index (χ4v) is 4.84. The van der Waals surface area contributed by atoms with Crippen LogP contribution in [0.4, 0.5) is 13.6 Å². The molecule has 0 aliphatic carbocycles. The highest BCUT2D eigenvalue weighted by atomic mass is 32.2. The summed E-state index contributed by atoms with van der Waals surface area (Å²) in [6.45, 7) is 10.8. The van der Waals surface area contributed by atoms with Crippen LogP contribution < -0.4 is 21.3 Å². The molecular weight excluding hydrogens is 588 g/mol. The Bertz CT molecular complexity index is 1150. The maximum atomic E-state index is 13.8. The maximum Gasteiger partial charge on any atom is 0.315 e. The van der Waals surface area contributed by atoms with Gasteiger partial charge < -0.3 is 26.2 Å². The summed E-state index contributed by atoms with van der Waals surface area (Å²) >= 11 is 0. The van der Waals surface area contributed by atoms with Gasteiger partial charge in [-0.2, -0.15) is 5.26 Å². The van der Waals surface area contributed by atoms with Crippen molar-refractivity contribution in [1.29, 1.82) is 5.26 Å². The summed E-state index contributed by atoms with van der Waals surface area (Å²) < 4.78 is 51.4. The zero-order valence-electron chi connectivity index (χ0n) is 26.3. The molecule has 246 valence electrons. The zero-order chi connectivity index (χ0) is 33.3. The zero-order valence-corrected chi connectivity index (χ0v) is 27.1. The molecule has 1 fully saturated rings.